The van der Waals surface area contributed by atoms with Crippen LogP contribution in [0.1, 0.15) is 60.7 Å². The number of piperidine rings is 1. The second kappa shape index (κ2) is 10.3. The van der Waals surface area contributed by atoms with Gasteiger partial charge in [0.15, 0.2) is 0 Å². The zero-order valence-corrected chi connectivity index (χ0v) is 20.9. The molecule has 1 aromatic carbocycles. The van der Waals surface area contributed by atoms with Crippen molar-refractivity contribution in [1.82, 2.24) is 20.0 Å². The lowest BCUT2D eigenvalue weighted by Crippen LogP contribution is -2.54. The molecule has 36 heavy (non-hydrogen) atoms. The molecule has 2 fully saturated rings. The normalized spacial score (nSPS) is 20.9. The lowest BCUT2D eigenvalue weighted by molar-refractivity contribution is -0.136. The summed E-state index contributed by atoms with van der Waals surface area (Å²) in [5, 5.41) is 2.19. The quantitative estimate of drug-likeness (QED) is 0.459. The maximum atomic E-state index is 12.9. The highest BCUT2D eigenvalue weighted by atomic mass is 16.6. The highest BCUT2D eigenvalue weighted by Crippen LogP contribution is 2.30. The molecule has 0 aliphatic carbocycles. The molecule has 3 aliphatic heterocycles. The molecule has 0 radical (unpaired) electrons. The Kier molecular flexibility index (Phi) is 7.30. The van der Waals surface area contributed by atoms with Gasteiger partial charge in [0.2, 0.25) is 11.8 Å². The number of fused-ring (bicyclic) bond motifs is 1. The zero-order chi connectivity index (χ0) is 26.0. The van der Waals surface area contributed by atoms with Gasteiger partial charge in [-0.1, -0.05) is 0 Å². The Morgan fingerprint density at radius 2 is 1.72 bits per heavy atom. The van der Waals surface area contributed by atoms with Crippen molar-refractivity contribution in [2.45, 2.75) is 51.7 Å². The molecule has 0 aromatic heterocycles. The summed E-state index contributed by atoms with van der Waals surface area (Å²) < 4.78 is 11.2. The number of nitrogens with zero attached hydrogens (tertiary/aromatic N) is 3. The van der Waals surface area contributed by atoms with Gasteiger partial charge in [0.25, 0.3) is 11.8 Å². The van der Waals surface area contributed by atoms with Crippen LogP contribution in [0.4, 0.5) is 4.79 Å². The fraction of sp³-hybridized carbons (Fsp3) is 0.560. The molecule has 0 spiro atoms. The number of rotatable bonds is 6. The van der Waals surface area contributed by atoms with E-state index in [9.17, 15) is 24.0 Å². The summed E-state index contributed by atoms with van der Waals surface area (Å²) in [5.74, 6) is -1.67. The van der Waals surface area contributed by atoms with Crippen LogP contribution >= 0.6 is 0 Å². The van der Waals surface area contributed by atoms with E-state index >= 15 is 0 Å². The number of imide groups is 2. The summed E-state index contributed by atoms with van der Waals surface area (Å²) in [6.07, 6.45) is 0.657. The Labute approximate surface area is 209 Å². The summed E-state index contributed by atoms with van der Waals surface area (Å²) in [6.45, 7) is 9.51. The van der Waals surface area contributed by atoms with Crippen LogP contribution in [0.25, 0.3) is 0 Å². The third kappa shape index (κ3) is 5.67. The number of piperazine rings is 1. The summed E-state index contributed by atoms with van der Waals surface area (Å²) in [7, 11) is 0. The predicted molar refractivity (Wildman–Crippen MR) is 127 cm³/mol. The molecule has 11 nitrogen and oxygen atoms in total. The van der Waals surface area contributed by atoms with Crippen molar-refractivity contribution >= 4 is 29.7 Å². The average Bonchev–Trinajstić information content (AvgIpc) is 3.06. The smallest absolute Gasteiger partial charge is 0.410 e. The van der Waals surface area contributed by atoms with Gasteiger partial charge in [-0.25, -0.2) is 4.79 Å². The summed E-state index contributed by atoms with van der Waals surface area (Å²) in [4.78, 5) is 66.4. The largest absolute Gasteiger partial charge is 0.494 e. The maximum absolute atomic E-state index is 12.9. The number of nitrogens with one attached hydrogen (secondary N) is 1. The van der Waals surface area contributed by atoms with Crippen molar-refractivity contribution in [1.29, 1.82) is 0 Å². The molecule has 194 valence electrons. The second-order valence-corrected chi connectivity index (χ2v) is 10.2. The first kappa shape index (κ1) is 25.6. The van der Waals surface area contributed by atoms with E-state index < -0.39 is 35.3 Å². The number of hydrogen-bond donors (Lipinski definition) is 1. The highest BCUT2D eigenvalue weighted by Gasteiger charge is 2.44. The standard InChI is InChI=1S/C25H32N4O7/c1-25(2,3)36-24(34)28-12-10-27(11-13-28)9-4-14-35-16-5-6-17-18(15-16)23(33)29(22(17)32)19-7-8-20(30)26-21(19)31/h5-6,15,19H,4,7-14H2,1-3H3,(H,26,30,31). The molecule has 4 rings (SSSR count). The number of carbonyl (C=O) groups excluding carboxylic acids is 5. The van der Waals surface area contributed by atoms with E-state index in [1.54, 1.807) is 11.0 Å². The van der Waals surface area contributed by atoms with Crippen LogP contribution in [0.2, 0.25) is 0 Å². The van der Waals surface area contributed by atoms with Crippen LogP contribution in [0, 0.1) is 0 Å². The first-order valence-corrected chi connectivity index (χ1v) is 12.2. The molecule has 1 atom stereocenters. The fourth-order valence-electron chi connectivity index (χ4n) is 4.50. The first-order valence-electron chi connectivity index (χ1n) is 12.2. The van der Waals surface area contributed by atoms with E-state index in [0.717, 1.165) is 31.0 Å². The number of amides is 5. The Morgan fingerprint density at radius 1 is 1.03 bits per heavy atom. The van der Waals surface area contributed by atoms with E-state index in [4.69, 9.17) is 9.47 Å². The van der Waals surface area contributed by atoms with Crippen molar-refractivity contribution < 1.29 is 33.4 Å². The SMILES string of the molecule is CC(C)(C)OC(=O)N1CCN(CCCOc2ccc3c(c2)C(=O)N(C2CCC(=O)NC2=O)C3=O)CC1. The number of carbonyl (C=O) groups is 5. The van der Waals surface area contributed by atoms with Gasteiger partial charge >= 0.3 is 6.09 Å². The highest BCUT2D eigenvalue weighted by molar-refractivity contribution is 6.23. The van der Waals surface area contributed by atoms with Crippen LogP contribution in [0.5, 0.6) is 5.75 Å². The van der Waals surface area contributed by atoms with E-state index in [0.29, 0.717) is 25.4 Å². The van der Waals surface area contributed by atoms with E-state index in [1.165, 1.54) is 12.1 Å². The van der Waals surface area contributed by atoms with Gasteiger partial charge in [-0.3, -0.25) is 34.3 Å². The Balaban J connectivity index is 1.24. The van der Waals surface area contributed by atoms with Gasteiger partial charge < -0.3 is 14.4 Å². The number of hydrogen-bond acceptors (Lipinski definition) is 8. The molecule has 5 amide bonds. The van der Waals surface area contributed by atoms with Gasteiger partial charge in [0.1, 0.15) is 17.4 Å². The lowest BCUT2D eigenvalue weighted by atomic mass is 10.0. The monoisotopic (exact) mass is 500 g/mol. The lowest BCUT2D eigenvalue weighted by Gasteiger charge is -2.35. The predicted octanol–water partition coefficient (Wildman–Crippen LogP) is 1.41. The van der Waals surface area contributed by atoms with Crippen LogP contribution in [0.15, 0.2) is 18.2 Å². The van der Waals surface area contributed by atoms with Gasteiger partial charge in [0, 0.05) is 39.1 Å². The number of ether oxygens (including phenoxy) is 2. The van der Waals surface area contributed by atoms with E-state index in [2.05, 4.69) is 10.2 Å². The topological polar surface area (TPSA) is 126 Å². The van der Waals surface area contributed by atoms with Gasteiger partial charge in [-0.05, 0) is 51.8 Å². The van der Waals surface area contributed by atoms with Crippen molar-refractivity contribution in [3.8, 4) is 5.75 Å². The van der Waals surface area contributed by atoms with Crippen LogP contribution in [-0.2, 0) is 14.3 Å². The van der Waals surface area contributed by atoms with Gasteiger partial charge in [-0.2, -0.15) is 0 Å². The molecule has 0 saturated carbocycles. The molecule has 1 unspecified atom stereocenters. The third-order valence-electron chi connectivity index (χ3n) is 6.32. The van der Waals surface area contributed by atoms with Crippen molar-refractivity contribution in [3.63, 3.8) is 0 Å². The second-order valence-electron chi connectivity index (χ2n) is 10.2. The summed E-state index contributed by atoms with van der Waals surface area (Å²) in [6, 6.07) is 3.71. The van der Waals surface area contributed by atoms with Crippen molar-refractivity contribution in [2.75, 3.05) is 39.3 Å². The van der Waals surface area contributed by atoms with E-state index in [1.807, 2.05) is 20.8 Å². The van der Waals surface area contributed by atoms with Crippen molar-refractivity contribution in [2.24, 2.45) is 0 Å². The molecule has 3 heterocycles. The van der Waals surface area contributed by atoms with Crippen LogP contribution < -0.4 is 10.1 Å². The zero-order valence-electron chi connectivity index (χ0n) is 20.9. The molecule has 0 bridgehead atoms. The minimum atomic E-state index is -0.991. The summed E-state index contributed by atoms with van der Waals surface area (Å²) >= 11 is 0. The van der Waals surface area contributed by atoms with Gasteiger partial charge in [-0.15, -0.1) is 0 Å². The molecule has 1 aromatic rings. The molecule has 11 heteroatoms. The number of benzene rings is 1. The fourth-order valence-corrected chi connectivity index (χ4v) is 4.50. The molecule has 2 saturated heterocycles. The van der Waals surface area contributed by atoms with Crippen LogP contribution in [-0.4, -0.2) is 95.4 Å². The minimum Gasteiger partial charge on any atom is -0.494 e. The molecular weight excluding hydrogens is 468 g/mol. The van der Waals surface area contributed by atoms with Crippen molar-refractivity contribution in [3.05, 3.63) is 29.3 Å². The molecule has 3 aliphatic rings. The molecular formula is C25H32N4O7. The van der Waals surface area contributed by atoms with Gasteiger partial charge in [0.05, 0.1) is 17.7 Å². The minimum absolute atomic E-state index is 0.0776. The summed E-state index contributed by atoms with van der Waals surface area (Å²) in [5.41, 5.74) is -0.0927. The Morgan fingerprint density at radius 3 is 2.39 bits per heavy atom. The molecule has 1 N–H and O–H groups in total. The maximum Gasteiger partial charge on any atom is 0.410 e. The first-order chi connectivity index (χ1) is 17.0. The van der Waals surface area contributed by atoms with Crippen LogP contribution in [0.3, 0.4) is 0 Å². The average molecular weight is 501 g/mol. The third-order valence-corrected chi connectivity index (χ3v) is 6.32. The Bertz CT molecular complexity index is 1070. The Hall–Kier alpha value is -3.47. The van der Waals surface area contributed by atoms with E-state index in [-0.39, 0.29) is 30.1 Å².